The summed E-state index contributed by atoms with van der Waals surface area (Å²) in [5, 5.41) is 0. The van der Waals surface area contributed by atoms with Gasteiger partial charge in [-0.15, -0.1) is 0 Å². The molecule has 1 heterocycles. The van der Waals surface area contributed by atoms with Crippen molar-refractivity contribution in [3.8, 4) is 0 Å². The minimum absolute atomic E-state index is 0.176. The summed E-state index contributed by atoms with van der Waals surface area (Å²) in [6.45, 7) is 4.34. The van der Waals surface area contributed by atoms with E-state index >= 15 is 0 Å². The molecule has 3 rings (SSSR count). The molecule has 1 aliphatic heterocycles. The van der Waals surface area contributed by atoms with Gasteiger partial charge in [-0.25, -0.2) is 4.79 Å². The van der Waals surface area contributed by atoms with Crippen molar-refractivity contribution in [3.63, 3.8) is 0 Å². The zero-order valence-corrected chi connectivity index (χ0v) is 11.6. The summed E-state index contributed by atoms with van der Waals surface area (Å²) in [4.78, 5) is 12.3. The third-order valence-corrected chi connectivity index (χ3v) is 4.34. The monoisotopic (exact) mass is 260 g/mol. The van der Waals surface area contributed by atoms with Crippen molar-refractivity contribution in [2.24, 2.45) is 0 Å². The van der Waals surface area contributed by atoms with Gasteiger partial charge in [0.1, 0.15) is 5.60 Å². The van der Waals surface area contributed by atoms with Gasteiger partial charge in [0.15, 0.2) is 5.60 Å². The molecule has 1 aromatic carbocycles. The van der Waals surface area contributed by atoms with Crippen LogP contribution >= 0.6 is 0 Å². The molecule has 1 aliphatic carbocycles. The first-order valence-electron chi connectivity index (χ1n) is 7.11. The number of carbonyl (C=O) groups excluding carboxylic acids is 1. The van der Waals surface area contributed by atoms with Crippen LogP contribution in [0.1, 0.15) is 37.8 Å². The average Bonchev–Trinajstić information content (AvgIpc) is 2.83. The number of hydrogen-bond acceptors (Lipinski definition) is 3. The average molecular weight is 260 g/mol. The fraction of sp³-hybridized carbons (Fsp3) is 0.562. The maximum atomic E-state index is 12.3. The number of esters is 1. The minimum atomic E-state index is -0.698. The molecule has 0 aromatic heterocycles. The van der Waals surface area contributed by atoms with Crippen LogP contribution in [0, 0.1) is 0 Å². The number of hydrogen-bond donors (Lipinski definition) is 0. The van der Waals surface area contributed by atoms with Crippen LogP contribution in [-0.2, 0) is 27.1 Å². The number of rotatable bonds is 4. The lowest BCUT2D eigenvalue weighted by atomic mass is 9.86. The number of fused-ring (bicyclic) bond motifs is 1. The SMILES string of the molecule is CCCC1(C(=O)OCC)OC12Cc1ccccc1C2. The van der Waals surface area contributed by atoms with E-state index in [9.17, 15) is 4.79 Å². The summed E-state index contributed by atoms with van der Waals surface area (Å²) in [5.74, 6) is -0.176. The Morgan fingerprint density at radius 3 is 2.42 bits per heavy atom. The third-order valence-electron chi connectivity index (χ3n) is 4.34. The Bertz CT molecular complexity index is 483. The van der Waals surface area contributed by atoms with E-state index in [1.54, 1.807) is 0 Å². The van der Waals surface area contributed by atoms with Gasteiger partial charge in [-0.3, -0.25) is 0 Å². The van der Waals surface area contributed by atoms with Gasteiger partial charge in [-0.05, 0) is 24.5 Å². The molecule has 0 saturated carbocycles. The summed E-state index contributed by atoms with van der Waals surface area (Å²) < 4.78 is 11.3. The Morgan fingerprint density at radius 2 is 1.89 bits per heavy atom. The van der Waals surface area contributed by atoms with Gasteiger partial charge in [-0.2, -0.15) is 0 Å². The van der Waals surface area contributed by atoms with Crippen LogP contribution in [-0.4, -0.2) is 23.8 Å². The molecule has 2 aliphatic rings. The molecule has 3 nitrogen and oxygen atoms in total. The lowest BCUT2D eigenvalue weighted by molar-refractivity contribution is -0.149. The number of benzene rings is 1. The molecular formula is C16H20O3. The van der Waals surface area contributed by atoms with Crippen LogP contribution < -0.4 is 0 Å². The minimum Gasteiger partial charge on any atom is -0.464 e. The van der Waals surface area contributed by atoms with Crippen molar-refractivity contribution in [1.82, 2.24) is 0 Å². The summed E-state index contributed by atoms with van der Waals surface area (Å²) in [6, 6.07) is 8.36. The van der Waals surface area contributed by atoms with Gasteiger partial charge in [0.25, 0.3) is 0 Å². The molecule has 19 heavy (non-hydrogen) atoms. The van der Waals surface area contributed by atoms with Crippen molar-refractivity contribution in [2.75, 3.05) is 6.61 Å². The summed E-state index contributed by atoms with van der Waals surface area (Å²) in [7, 11) is 0. The maximum Gasteiger partial charge on any atom is 0.341 e. The first-order chi connectivity index (χ1) is 9.17. The highest BCUT2D eigenvalue weighted by Gasteiger charge is 2.75. The number of epoxide rings is 1. The molecule has 1 spiro atoms. The highest BCUT2D eigenvalue weighted by atomic mass is 16.7. The fourth-order valence-corrected chi connectivity index (χ4v) is 3.45. The van der Waals surface area contributed by atoms with E-state index in [2.05, 4.69) is 19.1 Å². The lowest BCUT2D eigenvalue weighted by Gasteiger charge is -2.14. The topological polar surface area (TPSA) is 38.8 Å². The van der Waals surface area contributed by atoms with E-state index in [1.807, 2.05) is 19.1 Å². The number of ether oxygens (including phenoxy) is 2. The second-order valence-electron chi connectivity index (χ2n) is 5.52. The Labute approximate surface area is 113 Å². The second kappa shape index (κ2) is 4.34. The molecule has 3 heteroatoms. The fourth-order valence-electron chi connectivity index (χ4n) is 3.45. The molecule has 102 valence electrons. The molecule has 1 saturated heterocycles. The van der Waals surface area contributed by atoms with Gasteiger partial charge < -0.3 is 9.47 Å². The molecule has 1 aromatic rings. The normalized spacial score (nSPS) is 26.2. The zero-order valence-electron chi connectivity index (χ0n) is 11.6. The van der Waals surface area contributed by atoms with Crippen LogP contribution in [0.15, 0.2) is 24.3 Å². The highest BCUT2D eigenvalue weighted by molar-refractivity contribution is 5.85. The Hall–Kier alpha value is -1.35. The summed E-state index contributed by atoms with van der Waals surface area (Å²) in [6.07, 6.45) is 3.35. The van der Waals surface area contributed by atoms with Crippen molar-refractivity contribution in [3.05, 3.63) is 35.4 Å². The smallest absolute Gasteiger partial charge is 0.341 e. The number of carbonyl (C=O) groups is 1. The first kappa shape index (κ1) is 12.7. The van der Waals surface area contributed by atoms with Crippen LogP contribution in [0.5, 0.6) is 0 Å². The Kier molecular flexibility index (Phi) is 2.90. The van der Waals surface area contributed by atoms with E-state index in [1.165, 1.54) is 11.1 Å². The summed E-state index contributed by atoms with van der Waals surface area (Å²) in [5.41, 5.74) is 1.59. The maximum absolute atomic E-state index is 12.3. The molecule has 0 amide bonds. The van der Waals surface area contributed by atoms with Crippen LogP contribution in [0.2, 0.25) is 0 Å². The van der Waals surface area contributed by atoms with Crippen molar-refractivity contribution < 1.29 is 14.3 Å². The standard InChI is InChI=1S/C16H20O3/c1-3-9-16(14(17)18-4-2)15(19-16)10-12-7-5-6-8-13(12)11-15/h5-8H,3-4,9-11H2,1-2H3. The molecule has 1 atom stereocenters. The van der Waals surface area contributed by atoms with Crippen LogP contribution in [0.3, 0.4) is 0 Å². The molecule has 1 fully saturated rings. The van der Waals surface area contributed by atoms with Gasteiger partial charge in [-0.1, -0.05) is 37.6 Å². The molecule has 0 radical (unpaired) electrons. The largest absolute Gasteiger partial charge is 0.464 e. The second-order valence-corrected chi connectivity index (χ2v) is 5.52. The first-order valence-corrected chi connectivity index (χ1v) is 7.11. The van der Waals surface area contributed by atoms with Crippen LogP contribution in [0.4, 0.5) is 0 Å². The summed E-state index contributed by atoms with van der Waals surface area (Å²) >= 11 is 0. The third kappa shape index (κ3) is 1.71. The van der Waals surface area contributed by atoms with E-state index in [-0.39, 0.29) is 11.6 Å². The van der Waals surface area contributed by atoms with Gasteiger partial charge in [0, 0.05) is 12.8 Å². The quantitative estimate of drug-likeness (QED) is 0.617. The zero-order chi connectivity index (χ0) is 13.5. The van der Waals surface area contributed by atoms with Crippen molar-refractivity contribution >= 4 is 5.97 Å². The van der Waals surface area contributed by atoms with E-state index in [4.69, 9.17) is 9.47 Å². The van der Waals surface area contributed by atoms with E-state index in [0.717, 1.165) is 25.7 Å². The van der Waals surface area contributed by atoms with Gasteiger partial charge in [0.05, 0.1) is 6.61 Å². The predicted octanol–water partition coefficient (Wildman–Crippen LogP) is 2.66. The van der Waals surface area contributed by atoms with Crippen molar-refractivity contribution in [1.29, 1.82) is 0 Å². The van der Waals surface area contributed by atoms with Gasteiger partial charge in [0.2, 0.25) is 0 Å². The van der Waals surface area contributed by atoms with E-state index in [0.29, 0.717) is 6.61 Å². The predicted molar refractivity (Wildman–Crippen MR) is 71.9 cm³/mol. The molecule has 0 N–H and O–H groups in total. The molecular weight excluding hydrogens is 240 g/mol. The lowest BCUT2D eigenvalue weighted by Crippen LogP contribution is -2.36. The highest BCUT2D eigenvalue weighted by Crippen LogP contribution is 2.58. The van der Waals surface area contributed by atoms with Gasteiger partial charge >= 0.3 is 5.97 Å². The Balaban J connectivity index is 1.87. The Morgan fingerprint density at radius 1 is 1.26 bits per heavy atom. The van der Waals surface area contributed by atoms with Crippen molar-refractivity contribution in [2.45, 2.75) is 50.7 Å². The van der Waals surface area contributed by atoms with E-state index < -0.39 is 5.60 Å². The van der Waals surface area contributed by atoms with Crippen LogP contribution in [0.25, 0.3) is 0 Å². The molecule has 1 unspecified atom stereocenters. The molecule has 0 bridgehead atoms.